The second-order valence-corrected chi connectivity index (χ2v) is 7.41. The zero-order chi connectivity index (χ0) is 17.8. The van der Waals surface area contributed by atoms with E-state index in [4.69, 9.17) is 0 Å². The lowest BCUT2D eigenvalue weighted by molar-refractivity contribution is -0.131. The molecule has 0 radical (unpaired) electrons. The first kappa shape index (κ1) is 17.9. The van der Waals surface area contributed by atoms with E-state index in [0.717, 1.165) is 55.6 Å². The molecule has 2 aliphatic rings. The first-order valence-corrected chi connectivity index (χ1v) is 9.42. The average molecular weight is 343 g/mol. The minimum absolute atomic E-state index is 0.00854. The summed E-state index contributed by atoms with van der Waals surface area (Å²) in [5.74, 6) is 0.243. The zero-order valence-electron chi connectivity index (χ0n) is 15.4. The Labute approximate surface area is 150 Å². The number of hydrogen-bond acceptors (Lipinski definition) is 3. The number of anilines is 1. The Morgan fingerprint density at radius 1 is 1.20 bits per heavy atom. The van der Waals surface area contributed by atoms with Crippen molar-refractivity contribution in [3.05, 3.63) is 29.3 Å². The van der Waals surface area contributed by atoms with Crippen LogP contribution in [0.3, 0.4) is 0 Å². The number of hydrogen-bond donors (Lipinski definition) is 1. The molecule has 0 bridgehead atoms. The number of benzene rings is 1. The van der Waals surface area contributed by atoms with Crippen LogP contribution in [0.5, 0.6) is 0 Å². The summed E-state index contributed by atoms with van der Waals surface area (Å²) in [5, 5.41) is 3.03. The molecule has 1 aliphatic carbocycles. The van der Waals surface area contributed by atoms with Gasteiger partial charge in [0, 0.05) is 37.8 Å². The van der Waals surface area contributed by atoms with Crippen molar-refractivity contribution in [1.29, 1.82) is 0 Å². The fourth-order valence-electron chi connectivity index (χ4n) is 3.44. The van der Waals surface area contributed by atoms with E-state index < -0.39 is 0 Å². The molecule has 136 valence electrons. The third-order valence-electron chi connectivity index (χ3n) is 5.15. The van der Waals surface area contributed by atoms with Gasteiger partial charge < -0.3 is 10.2 Å². The second kappa shape index (κ2) is 8.00. The van der Waals surface area contributed by atoms with Gasteiger partial charge in [-0.15, -0.1) is 0 Å². The molecule has 1 saturated carbocycles. The average Bonchev–Trinajstić information content (AvgIpc) is 3.28. The highest BCUT2D eigenvalue weighted by Crippen LogP contribution is 2.27. The Kier molecular flexibility index (Phi) is 5.74. The van der Waals surface area contributed by atoms with Crippen molar-refractivity contribution >= 4 is 17.5 Å². The molecule has 1 aromatic rings. The molecule has 3 rings (SSSR count). The largest absolute Gasteiger partial charge is 0.343 e. The van der Waals surface area contributed by atoms with E-state index in [2.05, 4.69) is 10.2 Å². The molecule has 1 aromatic carbocycles. The van der Waals surface area contributed by atoms with Crippen LogP contribution in [0.2, 0.25) is 0 Å². The Morgan fingerprint density at radius 2 is 1.92 bits per heavy atom. The van der Waals surface area contributed by atoms with Crippen molar-refractivity contribution in [3.8, 4) is 0 Å². The number of rotatable bonds is 7. The van der Waals surface area contributed by atoms with Gasteiger partial charge in [-0.05, 0) is 56.7 Å². The number of nitrogens with one attached hydrogen (secondary N) is 1. The summed E-state index contributed by atoms with van der Waals surface area (Å²) in [5.41, 5.74) is 3.09. The van der Waals surface area contributed by atoms with Gasteiger partial charge in [0.25, 0.3) is 0 Å². The van der Waals surface area contributed by atoms with Gasteiger partial charge in [0.2, 0.25) is 11.8 Å². The predicted octanol–water partition coefficient (Wildman–Crippen LogP) is 2.72. The molecule has 0 unspecified atom stereocenters. The van der Waals surface area contributed by atoms with E-state index in [0.29, 0.717) is 25.6 Å². The van der Waals surface area contributed by atoms with E-state index in [1.165, 1.54) is 0 Å². The van der Waals surface area contributed by atoms with E-state index in [1.54, 1.807) is 0 Å². The van der Waals surface area contributed by atoms with E-state index in [-0.39, 0.29) is 11.8 Å². The maximum Gasteiger partial charge on any atom is 0.238 e. The van der Waals surface area contributed by atoms with Crippen LogP contribution >= 0.6 is 0 Å². The molecule has 0 aromatic heterocycles. The van der Waals surface area contributed by atoms with Gasteiger partial charge in [-0.25, -0.2) is 0 Å². The van der Waals surface area contributed by atoms with Gasteiger partial charge >= 0.3 is 0 Å². The predicted molar refractivity (Wildman–Crippen MR) is 99.6 cm³/mol. The van der Waals surface area contributed by atoms with Crippen molar-refractivity contribution in [1.82, 2.24) is 9.80 Å². The summed E-state index contributed by atoms with van der Waals surface area (Å²) in [7, 11) is 0. The smallest absolute Gasteiger partial charge is 0.238 e. The molecule has 0 atom stereocenters. The monoisotopic (exact) mass is 343 g/mol. The highest BCUT2D eigenvalue weighted by Gasteiger charge is 2.31. The van der Waals surface area contributed by atoms with Crippen molar-refractivity contribution in [2.45, 2.75) is 52.0 Å². The molecule has 0 spiro atoms. The molecule has 1 saturated heterocycles. The standard InChI is InChI=1S/C20H29N3O2/c1-15-5-6-16(2)18(13-15)21-19(24)14-23(17-7-8-17)12-9-20(25)22-10-3-4-11-22/h5-6,13,17H,3-4,7-12,14H2,1-2H3,(H,21,24). The fourth-order valence-corrected chi connectivity index (χ4v) is 3.44. The van der Waals surface area contributed by atoms with Gasteiger partial charge in [0.15, 0.2) is 0 Å². The maximum atomic E-state index is 12.5. The SMILES string of the molecule is Cc1ccc(C)c(NC(=O)CN(CCC(=O)N2CCCC2)C2CC2)c1. The third kappa shape index (κ3) is 5.05. The van der Waals surface area contributed by atoms with Crippen LogP contribution in [-0.2, 0) is 9.59 Å². The van der Waals surface area contributed by atoms with Gasteiger partial charge in [0.1, 0.15) is 0 Å². The molecule has 25 heavy (non-hydrogen) atoms. The molecular formula is C20H29N3O2. The molecule has 2 amide bonds. The molecule has 1 heterocycles. The molecular weight excluding hydrogens is 314 g/mol. The van der Waals surface area contributed by atoms with Crippen LogP contribution in [0.4, 0.5) is 5.69 Å². The quantitative estimate of drug-likeness (QED) is 0.828. The van der Waals surface area contributed by atoms with E-state index in [9.17, 15) is 9.59 Å². The Hall–Kier alpha value is -1.88. The third-order valence-corrected chi connectivity index (χ3v) is 5.15. The summed E-state index contributed by atoms with van der Waals surface area (Å²) in [6.45, 7) is 6.87. The fraction of sp³-hybridized carbons (Fsp3) is 0.600. The van der Waals surface area contributed by atoms with Crippen LogP contribution in [0.25, 0.3) is 0 Å². The normalized spacial score (nSPS) is 17.2. The first-order valence-electron chi connectivity index (χ1n) is 9.42. The maximum absolute atomic E-state index is 12.5. The summed E-state index contributed by atoms with van der Waals surface area (Å²) < 4.78 is 0. The van der Waals surface area contributed by atoms with Crippen molar-refractivity contribution < 1.29 is 9.59 Å². The minimum Gasteiger partial charge on any atom is -0.343 e. The summed E-state index contributed by atoms with van der Waals surface area (Å²) in [6.07, 6.45) is 5.03. The number of amides is 2. The summed E-state index contributed by atoms with van der Waals surface area (Å²) in [4.78, 5) is 28.9. The minimum atomic E-state index is 0.00854. The molecule has 2 fully saturated rings. The Balaban J connectivity index is 1.51. The van der Waals surface area contributed by atoms with Crippen LogP contribution < -0.4 is 5.32 Å². The van der Waals surface area contributed by atoms with Crippen molar-refractivity contribution in [2.75, 3.05) is 31.5 Å². The lowest BCUT2D eigenvalue weighted by Crippen LogP contribution is -2.38. The number of carbonyl (C=O) groups excluding carboxylic acids is 2. The highest BCUT2D eigenvalue weighted by molar-refractivity contribution is 5.93. The Bertz CT molecular complexity index is 634. The molecule has 5 heteroatoms. The van der Waals surface area contributed by atoms with Gasteiger partial charge in [-0.3, -0.25) is 14.5 Å². The molecule has 1 aliphatic heterocycles. The Morgan fingerprint density at radius 3 is 2.60 bits per heavy atom. The number of likely N-dealkylation sites (tertiary alicyclic amines) is 1. The van der Waals surface area contributed by atoms with E-state index >= 15 is 0 Å². The molecule has 1 N–H and O–H groups in total. The topological polar surface area (TPSA) is 52.7 Å². The lowest BCUT2D eigenvalue weighted by atomic mass is 10.1. The summed E-state index contributed by atoms with van der Waals surface area (Å²) in [6, 6.07) is 6.55. The number of carbonyl (C=O) groups is 2. The van der Waals surface area contributed by atoms with Gasteiger partial charge in [-0.2, -0.15) is 0 Å². The lowest BCUT2D eigenvalue weighted by Gasteiger charge is -2.23. The van der Waals surface area contributed by atoms with Gasteiger partial charge in [0.05, 0.1) is 6.54 Å². The number of nitrogens with zero attached hydrogens (tertiary/aromatic N) is 2. The second-order valence-electron chi connectivity index (χ2n) is 7.41. The van der Waals surface area contributed by atoms with E-state index in [1.807, 2.05) is 36.9 Å². The van der Waals surface area contributed by atoms with Crippen molar-refractivity contribution in [2.24, 2.45) is 0 Å². The summed E-state index contributed by atoms with van der Waals surface area (Å²) >= 11 is 0. The van der Waals surface area contributed by atoms with Crippen LogP contribution in [0, 0.1) is 13.8 Å². The van der Waals surface area contributed by atoms with Crippen molar-refractivity contribution in [3.63, 3.8) is 0 Å². The molecule has 5 nitrogen and oxygen atoms in total. The van der Waals surface area contributed by atoms with Crippen LogP contribution in [0.15, 0.2) is 18.2 Å². The van der Waals surface area contributed by atoms with Crippen LogP contribution in [-0.4, -0.2) is 53.8 Å². The highest BCUT2D eigenvalue weighted by atomic mass is 16.2. The first-order chi connectivity index (χ1) is 12.0. The number of aryl methyl sites for hydroxylation is 2. The zero-order valence-corrected chi connectivity index (χ0v) is 15.4. The van der Waals surface area contributed by atoms with Gasteiger partial charge in [-0.1, -0.05) is 12.1 Å². The van der Waals surface area contributed by atoms with Crippen LogP contribution in [0.1, 0.15) is 43.2 Å².